The molecule has 2 aromatic carbocycles. The van der Waals surface area contributed by atoms with Gasteiger partial charge in [0.1, 0.15) is 5.02 Å². The van der Waals surface area contributed by atoms with Crippen LogP contribution in [0.25, 0.3) is 0 Å². The molecule has 0 heterocycles. The Balaban J connectivity index is 2.10. The first-order valence-corrected chi connectivity index (χ1v) is 7.24. The number of nitro groups is 1. The maximum atomic E-state index is 11.9. The van der Waals surface area contributed by atoms with Crippen molar-refractivity contribution < 1.29 is 9.72 Å². The van der Waals surface area contributed by atoms with Gasteiger partial charge >= 0.3 is 0 Å². The number of hydrogen-bond acceptors (Lipinski definition) is 4. The molecule has 1 N–H and O–H groups in total. The van der Waals surface area contributed by atoms with Crippen molar-refractivity contribution in [3.63, 3.8) is 0 Å². The normalized spacial score (nSPS) is 10.7. The summed E-state index contributed by atoms with van der Waals surface area (Å²) in [4.78, 5) is 22.0. The Hall–Kier alpha value is -2.15. The second-order valence-corrected chi connectivity index (χ2v) is 5.52. The van der Waals surface area contributed by atoms with Crippen molar-refractivity contribution in [3.8, 4) is 0 Å². The second-order valence-electron chi connectivity index (χ2n) is 4.30. The molecule has 0 aliphatic heterocycles. The molecule has 0 aliphatic rings. The van der Waals surface area contributed by atoms with Gasteiger partial charge in [-0.05, 0) is 29.8 Å². The maximum Gasteiger partial charge on any atom is 0.288 e. The summed E-state index contributed by atoms with van der Waals surface area (Å²) in [7, 11) is 0. The van der Waals surface area contributed by atoms with Gasteiger partial charge in [-0.3, -0.25) is 14.9 Å². The van der Waals surface area contributed by atoms with E-state index in [9.17, 15) is 14.9 Å². The zero-order valence-corrected chi connectivity index (χ0v) is 13.6. The van der Waals surface area contributed by atoms with Gasteiger partial charge in [-0.25, -0.2) is 5.43 Å². The van der Waals surface area contributed by atoms with Gasteiger partial charge in [0.05, 0.1) is 21.2 Å². The van der Waals surface area contributed by atoms with Crippen LogP contribution in [0.1, 0.15) is 15.9 Å². The van der Waals surface area contributed by atoms with Gasteiger partial charge in [0, 0.05) is 11.6 Å². The lowest BCUT2D eigenvalue weighted by Gasteiger charge is -2.01. The fraction of sp³-hybridized carbons (Fsp3) is 0. The number of halogens is 3. The quantitative estimate of drug-likeness (QED) is 0.493. The lowest BCUT2D eigenvalue weighted by Crippen LogP contribution is -2.17. The van der Waals surface area contributed by atoms with Crippen LogP contribution in [0.4, 0.5) is 5.69 Å². The van der Waals surface area contributed by atoms with E-state index in [-0.39, 0.29) is 16.3 Å². The molecule has 0 unspecified atom stereocenters. The molecular weight excluding hydrogens is 365 g/mol. The van der Waals surface area contributed by atoms with Gasteiger partial charge in [-0.1, -0.05) is 40.9 Å². The summed E-state index contributed by atoms with van der Waals surface area (Å²) in [5.41, 5.74) is 2.59. The van der Waals surface area contributed by atoms with Crippen LogP contribution in [0.5, 0.6) is 0 Å². The first-order chi connectivity index (χ1) is 10.9. The molecule has 0 aromatic heterocycles. The Kier molecular flexibility index (Phi) is 5.54. The fourth-order valence-corrected chi connectivity index (χ4v) is 2.11. The highest BCUT2D eigenvalue weighted by atomic mass is 35.5. The molecule has 118 valence electrons. The summed E-state index contributed by atoms with van der Waals surface area (Å²) < 4.78 is 0. The van der Waals surface area contributed by atoms with Gasteiger partial charge in [-0.2, -0.15) is 5.10 Å². The summed E-state index contributed by atoms with van der Waals surface area (Å²) in [5.74, 6) is -0.610. The van der Waals surface area contributed by atoms with Crippen LogP contribution in [0.2, 0.25) is 15.1 Å². The van der Waals surface area contributed by atoms with Crippen LogP contribution < -0.4 is 5.43 Å². The van der Waals surface area contributed by atoms with E-state index in [1.807, 2.05) is 0 Å². The number of nitro benzene ring substituents is 1. The largest absolute Gasteiger partial charge is 0.288 e. The molecule has 0 saturated heterocycles. The molecular formula is C14H8Cl3N3O3. The highest BCUT2D eigenvalue weighted by molar-refractivity contribution is 6.42. The van der Waals surface area contributed by atoms with E-state index in [1.54, 1.807) is 18.2 Å². The summed E-state index contributed by atoms with van der Waals surface area (Å²) in [5, 5.41) is 15.3. The average molecular weight is 373 g/mol. The van der Waals surface area contributed by atoms with Crippen molar-refractivity contribution >= 4 is 52.6 Å². The van der Waals surface area contributed by atoms with Crippen molar-refractivity contribution in [1.29, 1.82) is 0 Å². The van der Waals surface area contributed by atoms with Crippen molar-refractivity contribution in [3.05, 3.63) is 72.7 Å². The first kappa shape index (κ1) is 17.2. The number of carbonyl (C=O) groups excluding carboxylic acids is 1. The standard InChI is InChI=1S/C14H8Cl3N3O3/c15-10-3-1-8(5-12(10)17)7-18-19-14(21)9-2-4-11(16)13(6-9)20(22)23/h1-7H,(H,19,21)/b18-7-. The molecule has 2 rings (SSSR count). The van der Waals surface area contributed by atoms with E-state index in [0.717, 1.165) is 6.07 Å². The summed E-state index contributed by atoms with van der Waals surface area (Å²) in [6.45, 7) is 0. The Morgan fingerprint density at radius 2 is 1.78 bits per heavy atom. The predicted molar refractivity (Wildman–Crippen MR) is 89.6 cm³/mol. The predicted octanol–water partition coefficient (Wildman–Crippen LogP) is 4.32. The third-order valence-corrected chi connectivity index (χ3v) is 3.79. The monoisotopic (exact) mass is 371 g/mol. The number of hydrazone groups is 1. The average Bonchev–Trinajstić information content (AvgIpc) is 2.50. The Morgan fingerprint density at radius 1 is 1.09 bits per heavy atom. The SMILES string of the molecule is O=C(N/N=C\c1ccc(Cl)c(Cl)c1)c1ccc(Cl)c([N+](=O)[O-])c1. The number of benzene rings is 2. The van der Waals surface area contributed by atoms with Gasteiger partial charge in [0.2, 0.25) is 0 Å². The van der Waals surface area contributed by atoms with Gasteiger partial charge in [0.25, 0.3) is 11.6 Å². The lowest BCUT2D eigenvalue weighted by molar-refractivity contribution is -0.384. The molecule has 0 radical (unpaired) electrons. The molecule has 0 spiro atoms. The van der Waals surface area contributed by atoms with Gasteiger partial charge < -0.3 is 0 Å². The van der Waals surface area contributed by atoms with Crippen LogP contribution in [-0.4, -0.2) is 17.0 Å². The Bertz CT molecular complexity index is 809. The van der Waals surface area contributed by atoms with Crippen LogP contribution in [0.3, 0.4) is 0 Å². The summed E-state index contributed by atoms with van der Waals surface area (Å²) in [6, 6.07) is 8.54. The topological polar surface area (TPSA) is 84.6 Å². The van der Waals surface area contributed by atoms with E-state index in [1.165, 1.54) is 18.3 Å². The van der Waals surface area contributed by atoms with E-state index in [4.69, 9.17) is 34.8 Å². The highest BCUT2D eigenvalue weighted by Gasteiger charge is 2.15. The van der Waals surface area contributed by atoms with Crippen LogP contribution in [-0.2, 0) is 0 Å². The molecule has 2 aromatic rings. The smallest absolute Gasteiger partial charge is 0.267 e. The molecule has 6 nitrogen and oxygen atoms in total. The minimum atomic E-state index is -0.669. The molecule has 9 heteroatoms. The van der Waals surface area contributed by atoms with Crippen molar-refractivity contribution in [1.82, 2.24) is 5.43 Å². The van der Waals surface area contributed by atoms with Gasteiger partial charge in [-0.15, -0.1) is 0 Å². The van der Waals surface area contributed by atoms with E-state index < -0.39 is 10.8 Å². The number of rotatable bonds is 4. The molecule has 0 atom stereocenters. The van der Waals surface area contributed by atoms with Crippen LogP contribution in [0, 0.1) is 10.1 Å². The third-order valence-electron chi connectivity index (χ3n) is 2.73. The minimum Gasteiger partial charge on any atom is -0.267 e. The van der Waals surface area contributed by atoms with E-state index >= 15 is 0 Å². The van der Waals surface area contributed by atoms with E-state index in [2.05, 4.69) is 10.5 Å². The highest BCUT2D eigenvalue weighted by Crippen LogP contribution is 2.25. The number of nitrogens with one attached hydrogen (secondary N) is 1. The molecule has 23 heavy (non-hydrogen) atoms. The van der Waals surface area contributed by atoms with Crippen LogP contribution >= 0.6 is 34.8 Å². The number of nitrogens with zero attached hydrogens (tertiary/aromatic N) is 2. The zero-order valence-electron chi connectivity index (χ0n) is 11.3. The zero-order chi connectivity index (χ0) is 17.0. The first-order valence-electron chi connectivity index (χ1n) is 6.11. The Labute approximate surface area is 145 Å². The summed E-state index contributed by atoms with van der Waals surface area (Å²) in [6.07, 6.45) is 1.37. The number of hydrogen-bond donors (Lipinski definition) is 1. The maximum absolute atomic E-state index is 11.9. The minimum absolute atomic E-state index is 0.0501. The molecule has 0 fully saturated rings. The molecule has 0 bridgehead atoms. The molecule has 0 saturated carbocycles. The van der Waals surface area contributed by atoms with Crippen LogP contribution in [0.15, 0.2) is 41.5 Å². The Morgan fingerprint density at radius 3 is 2.43 bits per heavy atom. The van der Waals surface area contributed by atoms with Crippen molar-refractivity contribution in [2.24, 2.45) is 5.10 Å². The van der Waals surface area contributed by atoms with E-state index in [0.29, 0.717) is 15.6 Å². The van der Waals surface area contributed by atoms with Crippen molar-refractivity contribution in [2.45, 2.75) is 0 Å². The molecule has 0 aliphatic carbocycles. The number of carbonyl (C=O) groups is 1. The lowest BCUT2D eigenvalue weighted by atomic mass is 10.2. The molecule has 1 amide bonds. The third kappa shape index (κ3) is 4.41. The number of amides is 1. The second kappa shape index (κ2) is 7.41. The summed E-state index contributed by atoms with van der Waals surface area (Å²) >= 11 is 17.3. The van der Waals surface area contributed by atoms with Crippen molar-refractivity contribution in [2.75, 3.05) is 0 Å². The van der Waals surface area contributed by atoms with Gasteiger partial charge in [0.15, 0.2) is 0 Å². The fourth-order valence-electron chi connectivity index (χ4n) is 1.62.